The maximum Gasteiger partial charge on any atom is 0.309 e. The van der Waals surface area contributed by atoms with Crippen LogP contribution in [0, 0.1) is 11.8 Å². The van der Waals surface area contributed by atoms with Crippen LogP contribution in [-0.2, 0) is 16.0 Å². The first-order chi connectivity index (χ1) is 17.5. The van der Waals surface area contributed by atoms with Crippen molar-refractivity contribution in [1.82, 2.24) is 0 Å². The van der Waals surface area contributed by atoms with Crippen LogP contribution in [0.3, 0.4) is 0 Å². The molecule has 1 saturated heterocycles. The third-order valence-corrected chi connectivity index (χ3v) is 7.88. The van der Waals surface area contributed by atoms with Crippen molar-refractivity contribution in [1.29, 1.82) is 0 Å². The molecular weight excluding hydrogens is 488 g/mol. The largest absolute Gasteiger partial charge is 0.487 e. The topological polar surface area (TPSA) is 65.0 Å². The van der Waals surface area contributed by atoms with Crippen molar-refractivity contribution in [2.75, 3.05) is 0 Å². The molecule has 0 amide bonds. The number of ether oxygens (including phenoxy) is 3. The Morgan fingerprint density at radius 2 is 1.76 bits per heavy atom. The maximum atomic E-state index is 12.5. The van der Waals surface area contributed by atoms with E-state index in [0.29, 0.717) is 17.2 Å². The molecule has 194 valence electrons. The van der Waals surface area contributed by atoms with Gasteiger partial charge in [-0.25, -0.2) is 0 Å². The highest BCUT2D eigenvalue weighted by atomic mass is 35.5. The molecule has 0 saturated carbocycles. The van der Waals surface area contributed by atoms with E-state index < -0.39 is 29.2 Å². The molecule has 3 aromatic rings. The Morgan fingerprint density at radius 3 is 2.43 bits per heavy atom. The van der Waals surface area contributed by atoms with Crippen LogP contribution >= 0.6 is 11.6 Å². The lowest BCUT2D eigenvalue weighted by Gasteiger charge is -2.52. The van der Waals surface area contributed by atoms with Crippen molar-refractivity contribution >= 4 is 17.6 Å². The van der Waals surface area contributed by atoms with Gasteiger partial charge in [-0.3, -0.25) is 4.79 Å². The van der Waals surface area contributed by atoms with Gasteiger partial charge in [0.05, 0.1) is 12.0 Å². The summed E-state index contributed by atoms with van der Waals surface area (Å²) in [6, 6.07) is 23.7. The zero-order chi connectivity index (χ0) is 26.4. The molecule has 0 spiro atoms. The molecule has 1 N–H and O–H groups in total. The fourth-order valence-corrected chi connectivity index (χ4v) is 5.89. The fourth-order valence-electron chi connectivity index (χ4n) is 5.76. The molecule has 6 heteroatoms. The Morgan fingerprint density at radius 1 is 1.05 bits per heavy atom. The van der Waals surface area contributed by atoms with Gasteiger partial charge in [0.15, 0.2) is 0 Å². The summed E-state index contributed by atoms with van der Waals surface area (Å²) in [6.45, 7) is 7.81. The van der Waals surface area contributed by atoms with E-state index in [2.05, 4.69) is 24.3 Å². The summed E-state index contributed by atoms with van der Waals surface area (Å²) in [5.41, 5.74) is 1.85. The van der Waals surface area contributed by atoms with E-state index in [1.54, 1.807) is 24.3 Å². The predicted octanol–water partition coefficient (Wildman–Crippen LogP) is 7.11. The summed E-state index contributed by atoms with van der Waals surface area (Å²) in [5.74, 6) is -0.374. The normalized spacial score (nSPS) is 24.4. The molecule has 37 heavy (non-hydrogen) atoms. The first-order valence-corrected chi connectivity index (χ1v) is 13.1. The third-order valence-electron chi connectivity index (χ3n) is 7.63. The minimum absolute atomic E-state index is 0.129. The highest BCUT2D eigenvalue weighted by molar-refractivity contribution is 6.30. The number of halogens is 1. The average Bonchev–Trinajstić information content (AvgIpc) is 2.85. The van der Waals surface area contributed by atoms with Crippen molar-refractivity contribution < 1.29 is 24.1 Å². The van der Waals surface area contributed by atoms with Gasteiger partial charge in [-0.05, 0) is 88.1 Å². The van der Waals surface area contributed by atoms with E-state index in [4.69, 9.17) is 25.8 Å². The maximum absolute atomic E-state index is 12.5. The lowest BCUT2D eigenvalue weighted by atomic mass is 9.69. The second-order valence-corrected chi connectivity index (χ2v) is 11.6. The first-order valence-electron chi connectivity index (χ1n) is 12.7. The number of rotatable bonds is 6. The van der Waals surface area contributed by atoms with Crippen LogP contribution in [0.4, 0.5) is 0 Å². The number of carboxylic acids is 1. The molecule has 4 atom stereocenters. The zero-order valence-electron chi connectivity index (χ0n) is 21.6. The summed E-state index contributed by atoms with van der Waals surface area (Å²) in [7, 11) is 0. The van der Waals surface area contributed by atoms with E-state index in [0.717, 1.165) is 23.3 Å². The van der Waals surface area contributed by atoms with Gasteiger partial charge in [0.25, 0.3) is 0 Å². The standard InChI is InChI=1S/C31H33ClO5/c1-30(2)25-18-24(29(33)34)28(31(3,4)36-22-13-11-21(32)12-14-22)35-27(25)23-17-20(10-15-26(23)37-30)16-19-8-6-5-7-9-19/h5-15,17,24-25,27-28H,16,18H2,1-4H3,(H,33,34)/t24-,25+,27-,28-/m1/s1. The van der Waals surface area contributed by atoms with E-state index >= 15 is 0 Å². The molecule has 0 aromatic heterocycles. The van der Waals surface area contributed by atoms with Crippen LogP contribution in [0.1, 0.15) is 56.9 Å². The molecular formula is C31H33ClO5. The molecule has 2 aliphatic rings. The number of aliphatic carboxylic acids is 1. The second-order valence-electron chi connectivity index (χ2n) is 11.2. The van der Waals surface area contributed by atoms with Crippen LogP contribution in [0.2, 0.25) is 5.02 Å². The van der Waals surface area contributed by atoms with E-state index in [9.17, 15) is 9.90 Å². The molecule has 5 nitrogen and oxygen atoms in total. The SMILES string of the molecule is CC(C)(Oc1ccc(Cl)cc1)[C@@H]1O[C@@H]2c3cc(Cc4ccccc4)ccc3OC(C)(C)[C@H]2C[C@H]1C(=O)O. The number of hydrogen-bond acceptors (Lipinski definition) is 4. The Kier molecular flexibility index (Phi) is 6.71. The fraction of sp³-hybridized carbons (Fsp3) is 0.387. The first kappa shape index (κ1) is 25.6. The van der Waals surface area contributed by atoms with E-state index in [1.165, 1.54) is 5.56 Å². The van der Waals surface area contributed by atoms with E-state index in [1.807, 2.05) is 52.0 Å². The second kappa shape index (κ2) is 9.70. The van der Waals surface area contributed by atoms with Gasteiger partial charge in [-0.2, -0.15) is 0 Å². The Bertz CT molecular complexity index is 1270. The van der Waals surface area contributed by atoms with Crippen molar-refractivity contribution in [3.05, 3.63) is 94.5 Å². The summed E-state index contributed by atoms with van der Waals surface area (Å²) in [6.07, 6.45) is 0.221. The monoisotopic (exact) mass is 520 g/mol. The number of carboxylic acid groups (broad SMARTS) is 1. The van der Waals surface area contributed by atoms with Gasteiger partial charge in [-0.15, -0.1) is 0 Å². The summed E-state index contributed by atoms with van der Waals surface area (Å²) in [5, 5.41) is 10.9. The minimum atomic E-state index is -0.911. The highest BCUT2D eigenvalue weighted by Gasteiger charge is 2.56. The van der Waals surface area contributed by atoms with Crippen molar-refractivity contribution in [3.63, 3.8) is 0 Å². The van der Waals surface area contributed by atoms with Crippen LogP contribution in [0.25, 0.3) is 0 Å². The Hall–Kier alpha value is -3.02. The van der Waals surface area contributed by atoms with Gasteiger partial charge in [0.2, 0.25) is 0 Å². The molecule has 0 unspecified atom stereocenters. The minimum Gasteiger partial charge on any atom is -0.487 e. The molecule has 0 aliphatic carbocycles. The Balaban J connectivity index is 1.50. The number of carbonyl (C=O) groups is 1. The van der Waals surface area contributed by atoms with Crippen molar-refractivity contribution in [3.8, 4) is 11.5 Å². The van der Waals surface area contributed by atoms with Gasteiger partial charge in [0.1, 0.15) is 28.8 Å². The van der Waals surface area contributed by atoms with Crippen LogP contribution in [0.5, 0.6) is 11.5 Å². The molecule has 2 heterocycles. The van der Waals surface area contributed by atoms with Gasteiger partial charge in [-0.1, -0.05) is 48.0 Å². The smallest absolute Gasteiger partial charge is 0.309 e. The third kappa shape index (κ3) is 5.21. The average molecular weight is 521 g/mol. The molecule has 1 fully saturated rings. The quantitative estimate of drug-likeness (QED) is 0.375. The predicted molar refractivity (Wildman–Crippen MR) is 143 cm³/mol. The van der Waals surface area contributed by atoms with Gasteiger partial charge in [0, 0.05) is 16.5 Å². The highest BCUT2D eigenvalue weighted by Crippen LogP contribution is 2.53. The molecule has 5 rings (SSSR count). The van der Waals surface area contributed by atoms with Crippen LogP contribution < -0.4 is 9.47 Å². The van der Waals surface area contributed by atoms with Crippen LogP contribution in [0.15, 0.2) is 72.8 Å². The molecule has 0 radical (unpaired) electrons. The number of hydrogen-bond donors (Lipinski definition) is 1. The summed E-state index contributed by atoms with van der Waals surface area (Å²) in [4.78, 5) is 12.5. The van der Waals surface area contributed by atoms with Crippen molar-refractivity contribution in [2.45, 2.75) is 63.9 Å². The van der Waals surface area contributed by atoms with Gasteiger partial charge < -0.3 is 19.3 Å². The Labute approximate surface area is 223 Å². The molecule has 2 aliphatic heterocycles. The lowest BCUT2D eigenvalue weighted by molar-refractivity contribution is -0.219. The molecule has 3 aromatic carbocycles. The van der Waals surface area contributed by atoms with E-state index in [-0.39, 0.29) is 12.0 Å². The summed E-state index contributed by atoms with van der Waals surface area (Å²) >= 11 is 6.04. The number of benzene rings is 3. The lowest BCUT2D eigenvalue weighted by Crippen LogP contribution is -2.58. The number of fused-ring (bicyclic) bond motifs is 3. The van der Waals surface area contributed by atoms with Crippen molar-refractivity contribution in [2.24, 2.45) is 11.8 Å². The molecule has 0 bridgehead atoms. The summed E-state index contributed by atoms with van der Waals surface area (Å²) < 4.78 is 19.5. The zero-order valence-corrected chi connectivity index (χ0v) is 22.4. The van der Waals surface area contributed by atoms with Gasteiger partial charge >= 0.3 is 5.97 Å². The van der Waals surface area contributed by atoms with Crippen LogP contribution in [-0.4, -0.2) is 28.4 Å².